The van der Waals surface area contributed by atoms with Gasteiger partial charge in [-0.1, -0.05) is 30.4 Å². The van der Waals surface area contributed by atoms with Gasteiger partial charge < -0.3 is 10.2 Å². The van der Waals surface area contributed by atoms with E-state index in [0.717, 1.165) is 10.8 Å². The first-order chi connectivity index (χ1) is 14.0. The Labute approximate surface area is 170 Å². The largest absolute Gasteiger partial charge is 0.344 e. The monoisotopic (exact) mass is 416 g/mol. The Morgan fingerprint density at radius 2 is 2.00 bits per heavy atom. The van der Waals surface area contributed by atoms with Crippen molar-refractivity contribution in [2.75, 3.05) is 42.9 Å². The predicted octanol–water partition coefficient (Wildman–Crippen LogP) is 1.61. The summed E-state index contributed by atoms with van der Waals surface area (Å²) in [6.07, 6.45) is 0.701. The molecular formula is C19H21FN6O2S. The normalized spacial score (nSPS) is 15.0. The van der Waals surface area contributed by atoms with E-state index < -0.39 is 5.82 Å². The highest BCUT2D eigenvalue weighted by atomic mass is 32.1. The summed E-state index contributed by atoms with van der Waals surface area (Å²) in [5, 5.41) is 7.77. The summed E-state index contributed by atoms with van der Waals surface area (Å²) in [6.45, 7) is 4.86. The molecule has 1 amide bonds. The number of carbonyl (C=O) groups excluding carboxylic acids is 1. The van der Waals surface area contributed by atoms with Crippen molar-refractivity contribution in [1.29, 1.82) is 0 Å². The molecule has 1 aliphatic heterocycles. The first-order valence-corrected chi connectivity index (χ1v) is 10.3. The molecule has 29 heavy (non-hydrogen) atoms. The number of fused-ring (bicyclic) bond motifs is 1. The summed E-state index contributed by atoms with van der Waals surface area (Å²) in [6, 6.07) is 7.63. The molecule has 152 valence electrons. The number of benzene rings is 1. The highest BCUT2D eigenvalue weighted by Crippen LogP contribution is 2.22. The number of anilines is 2. The molecule has 1 saturated heterocycles. The summed E-state index contributed by atoms with van der Waals surface area (Å²) >= 11 is 1.39. The summed E-state index contributed by atoms with van der Waals surface area (Å²) < 4.78 is 15.0. The Balaban J connectivity index is 1.36. The molecule has 0 atom stereocenters. The number of aryl methyl sites for hydroxylation is 1. The zero-order chi connectivity index (χ0) is 20.4. The van der Waals surface area contributed by atoms with Gasteiger partial charge in [0.2, 0.25) is 16.0 Å². The van der Waals surface area contributed by atoms with Crippen molar-refractivity contribution in [3.8, 4) is 0 Å². The van der Waals surface area contributed by atoms with Crippen LogP contribution in [0.15, 0.2) is 35.1 Å². The van der Waals surface area contributed by atoms with E-state index in [1.165, 1.54) is 34.1 Å². The lowest BCUT2D eigenvalue weighted by atomic mass is 10.3. The number of nitrogens with one attached hydrogen (secondary N) is 1. The van der Waals surface area contributed by atoms with Crippen molar-refractivity contribution in [1.82, 2.24) is 19.5 Å². The van der Waals surface area contributed by atoms with Crippen molar-refractivity contribution in [3.05, 3.63) is 52.2 Å². The molecule has 0 aliphatic carbocycles. The predicted molar refractivity (Wildman–Crippen MR) is 110 cm³/mol. The molecule has 1 fully saturated rings. The second-order valence-electron chi connectivity index (χ2n) is 6.81. The number of carbonyl (C=O) groups is 1. The van der Waals surface area contributed by atoms with Gasteiger partial charge in [0, 0.05) is 37.9 Å². The fourth-order valence-corrected chi connectivity index (χ4v) is 4.19. The first kappa shape index (κ1) is 19.5. The van der Waals surface area contributed by atoms with Crippen LogP contribution in [-0.4, -0.2) is 58.1 Å². The minimum Gasteiger partial charge on any atom is -0.344 e. The zero-order valence-electron chi connectivity index (χ0n) is 16.0. The molecule has 1 aliphatic rings. The van der Waals surface area contributed by atoms with E-state index in [2.05, 4.69) is 20.3 Å². The van der Waals surface area contributed by atoms with Gasteiger partial charge in [-0.05, 0) is 18.6 Å². The van der Waals surface area contributed by atoms with Crippen molar-refractivity contribution in [2.24, 2.45) is 0 Å². The van der Waals surface area contributed by atoms with E-state index in [1.54, 1.807) is 12.1 Å². The van der Waals surface area contributed by atoms with E-state index in [-0.39, 0.29) is 23.7 Å². The standard InChI is InChI=1S/C19H21FN6O2S/c1-2-13-11-17(28)26-18(21-13)29-19(23-26)25-9-7-24(8-10-25)12-16(27)22-15-6-4-3-5-14(15)20/h3-6,11H,2,7-10,12H2,1H3,(H,22,27). The fraction of sp³-hybridized carbons (Fsp3) is 0.368. The molecule has 8 nitrogen and oxygen atoms in total. The molecule has 3 aromatic rings. The van der Waals surface area contributed by atoms with Crippen LogP contribution in [0, 0.1) is 5.82 Å². The Hall–Kier alpha value is -2.85. The quantitative estimate of drug-likeness (QED) is 0.681. The number of amides is 1. The molecule has 10 heteroatoms. The van der Waals surface area contributed by atoms with E-state index in [4.69, 9.17) is 0 Å². The number of para-hydroxylation sites is 1. The van der Waals surface area contributed by atoms with E-state index in [1.807, 2.05) is 11.8 Å². The lowest BCUT2D eigenvalue weighted by Gasteiger charge is -2.33. The summed E-state index contributed by atoms with van der Waals surface area (Å²) in [5.74, 6) is -0.692. The molecular weight excluding hydrogens is 395 g/mol. The van der Waals surface area contributed by atoms with Crippen LogP contribution in [0.2, 0.25) is 0 Å². The molecule has 0 spiro atoms. The van der Waals surface area contributed by atoms with Gasteiger partial charge in [-0.15, -0.1) is 5.10 Å². The Kier molecular flexibility index (Phi) is 5.54. The molecule has 0 radical (unpaired) electrons. The van der Waals surface area contributed by atoms with E-state index in [0.29, 0.717) is 37.6 Å². The van der Waals surface area contributed by atoms with Crippen LogP contribution >= 0.6 is 11.3 Å². The van der Waals surface area contributed by atoms with Gasteiger partial charge >= 0.3 is 0 Å². The molecule has 1 aromatic carbocycles. The third-order valence-corrected chi connectivity index (χ3v) is 5.78. The van der Waals surface area contributed by atoms with Gasteiger partial charge in [-0.25, -0.2) is 9.37 Å². The molecule has 1 N–H and O–H groups in total. The van der Waals surface area contributed by atoms with Crippen LogP contribution in [0.3, 0.4) is 0 Å². The van der Waals surface area contributed by atoms with Crippen LogP contribution in [0.25, 0.3) is 4.96 Å². The summed E-state index contributed by atoms with van der Waals surface area (Å²) in [4.78, 5) is 33.6. The summed E-state index contributed by atoms with van der Waals surface area (Å²) in [5.41, 5.74) is 0.781. The number of nitrogens with zero attached hydrogens (tertiary/aromatic N) is 5. The second-order valence-corrected chi connectivity index (χ2v) is 7.74. The molecule has 0 saturated carbocycles. The number of aromatic nitrogens is 3. The topological polar surface area (TPSA) is 82.8 Å². The van der Waals surface area contributed by atoms with Gasteiger partial charge in [0.05, 0.1) is 12.2 Å². The Bertz CT molecular complexity index is 1090. The minimum atomic E-state index is -0.448. The highest BCUT2D eigenvalue weighted by Gasteiger charge is 2.22. The number of hydrogen-bond acceptors (Lipinski definition) is 7. The number of piperazine rings is 1. The van der Waals surface area contributed by atoms with Crippen LogP contribution < -0.4 is 15.8 Å². The Morgan fingerprint density at radius 1 is 1.24 bits per heavy atom. The molecule has 3 heterocycles. The smallest absolute Gasteiger partial charge is 0.275 e. The maximum atomic E-state index is 13.7. The fourth-order valence-electron chi connectivity index (χ4n) is 3.21. The van der Waals surface area contributed by atoms with Crippen LogP contribution in [0.1, 0.15) is 12.6 Å². The van der Waals surface area contributed by atoms with Crippen molar-refractivity contribution in [3.63, 3.8) is 0 Å². The van der Waals surface area contributed by atoms with Crippen molar-refractivity contribution in [2.45, 2.75) is 13.3 Å². The maximum Gasteiger partial charge on any atom is 0.275 e. The van der Waals surface area contributed by atoms with Gasteiger partial charge in [-0.3, -0.25) is 14.5 Å². The maximum absolute atomic E-state index is 13.7. The Morgan fingerprint density at radius 3 is 2.72 bits per heavy atom. The SMILES string of the molecule is CCc1cc(=O)n2nc(N3CCN(CC(=O)Nc4ccccc4F)CC3)sc2n1. The van der Waals surface area contributed by atoms with Crippen LogP contribution in [0.4, 0.5) is 15.2 Å². The van der Waals surface area contributed by atoms with Gasteiger partial charge in [0.25, 0.3) is 5.56 Å². The average molecular weight is 416 g/mol. The van der Waals surface area contributed by atoms with Crippen molar-refractivity contribution >= 4 is 33.0 Å². The second kappa shape index (κ2) is 8.26. The van der Waals surface area contributed by atoms with Crippen molar-refractivity contribution < 1.29 is 9.18 Å². The third kappa shape index (κ3) is 4.28. The minimum absolute atomic E-state index is 0.169. The van der Waals surface area contributed by atoms with Crippen LogP contribution in [-0.2, 0) is 11.2 Å². The van der Waals surface area contributed by atoms with Gasteiger partial charge in [0.1, 0.15) is 5.82 Å². The first-order valence-electron chi connectivity index (χ1n) is 9.45. The molecule has 0 bridgehead atoms. The molecule has 2 aromatic heterocycles. The number of hydrogen-bond donors (Lipinski definition) is 1. The molecule has 0 unspecified atom stereocenters. The number of halogens is 1. The number of rotatable bonds is 5. The third-order valence-electron chi connectivity index (χ3n) is 4.81. The van der Waals surface area contributed by atoms with Crippen LogP contribution in [0.5, 0.6) is 0 Å². The average Bonchev–Trinajstić information content (AvgIpc) is 3.15. The van der Waals surface area contributed by atoms with Gasteiger partial charge in [-0.2, -0.15) is 4.52 Å². The highest BCUT2D eigenvalue weighted by molar-refractivity contribution is 7.20. The van der Waals surface area contributed by atoms with Gasteiger partial charge in [0.15, 0.2) is 0 Å². The lowest BCUT2D eigenvalue weighted by molar-refractivity contribution is -0.117. The molecule has 4 rings (SSSR count). The zero-order valence-corrected chi connectivity index (χ0v) is 16.8. The summed E-state index contributed by atoms with van der Waals surface area (Å²) in [7, 11) is 0. The lowest BCUT2D eigenvalue weighted by Crippen LogP contribution is -2.48. The van der Waals surface area contributed by atoms with E-state index >= 15 is 0 Å². The van der Waals surface area contributed by atoms with E-state index in [9.17, 15) is 14.0 Å².